The molecule has 2 aromatic carbocycles. The number of aliphatic carboxylic acids is 1. The molecule has 0 aromatic heterocycles. The average Bonchev–Trinajstić information content (AvgIpc) is 2.67. The third-order valence-electron chi connectivity index (χ3n) is 4.53. The summed E-state index contributed by atoms with van der Waals surface area (Å²) in [5, 5.41) is 21.8. The second kappa shape index (κ2) is 10.0. The molecule has 6 nitrogen and oxygen atoms in total. The van der Waals surface area contributed by atoms with Crippen molar-refractivity contribution in [3.8, 4) is 11.1 Å². The zero-order chi connectivity index (χ0) is 20.7. The number of rotatable bonds is 9. The molecular formula is C22H28N2O4. The third kappa shape index (κ3) is 6.18. The van der Waals surface area contributed by atoms with Gasteiger partial charge in [-0.05, 0) is 35.4 Å². The first-order valence-corrected chi connectivity index (χ1v) is 9.39. The van der Waals surface area contributed by atoms with E-state index in [4.69, 9.17) is 5.73 Å². The topological polar surface area (TPSA) is 113 Å². The van der Waals surface area contributed by atoms with Gasteiger partial charge in [-0.1, -0.05) is 68.4 Å². The fourth-order valence-electron chi connectivity index (χ4n) is 2.99. The Hall–Kier alpha value is -2.70. The van der Waals surface area contributed by atoms with Gasteiger partial charge in [0.1, 0.15) is 12.1 Å². The molecule has 0 heterocycles. The molecule has 0 aliphatic rings. The molecule has 0 fully saturated rings. The van der Waals surface area contributed by atoms with Crippen LogP contribution in [0.15, 0.2) is 54.6 Å². The predicted molar refractivity (Wildman–Crippen MR) is 109 cm³/mol. The third-order valence-corrected chi connectivity index (χ3v) is 4.53. The molecule has 0 bridgehead atoms. The van der Waals surface area contributed by atoms with Crippen LogP contribution in [0.2, 0.25) is 0 Å². The lowest BCUT2D eigenvalue weighted by Gasteiger charge is -2.22. The van der Waals surface area contributed by atoms with Crippen molar-refractivity contribution in [3.63, 3.8) is 0 Å². The Balaban J connectivity index is 1.96. The summed E-state index contributed by atoms with van der Waals surface area (Å²) >= 11 is 0. The van der Waals surface area contributed by atoms with Gasteiger partial charge in [0.25, 0.3) is 5.91 Å². The lowest BCUT2D eigenvalue weighted by molar-refractivity contribution is -0.144. The van der Waals surface area contributed by atoms with E-state index in [1.165, 1.54) is 0 Å². The molecule has 2 aromatic rings. The number of hydrogen-bond donors (Lipinski definition) is 4. The van der Waals surface area contributed by atoms with Crippen molar-refractivity contribution in [2.45, 2.75) is 44.9 Å². The summed E-state index contributed by atoms with van der Waals surface area (Å²) < 4.78 is 0. The first-order valence-electron chi connectivity index (χ1n) is 9.39. The number of carbonyl (C=O) groups is 2. The van der Waals surface area contributed by atoms with Crippen LogP contribution >= 0.6 is 0 Å². The van der Waals surface area contributed by atoms with Crippen LogP contribution in [0.3, 0.4) is 0 Å². The van der Waals surface area contributed by atoms with Crippen LogP contribution in [-0.2, 0) is 16.0 Å². The van der Waals surface area contributed by atoms with Gasteiger partial charge in [0, 0.05) is 6.04 Å². The van der Waals surface area contributed by atoms with Gasteiger partial charge in [0.15, 0.2) is 0 Å². The molecule has 2 rings (SSSR count). The minimum atomic E-state index is -1.48. The van der Waals surface area contributed by atoms with E-state index in [2.05, 4.69) is 5.32 Å². The molecule has 1 amide bonds. The highest BCUT2D eigenvalue weighted by molar-refractivity contribution is 5.86. The van der Waals surface area contributed by atoms with E-state index in [1.807, 2.05) is 68.4 Å². The highest BCUT2D eigenvalue weighted by atomic mass is 16.4. The van der Waals surface area contributed by atoms with Gasteiger partial charge >= 0.3 is 5.97 Å². The van der Waals surface area contributed by atoms with E-state index in [1.54, 1.807) is 0 Å². The first kappa shape index (κ1) is 21.6. The maximum atomic E-state index is 12.2. The Morgan fingerprint density at radius 3 is 2.11 bits per heavy atom. The molecular weight excluding hydrogens is 356 g/mol. The zero-order valence-electron chi connectivity index (χ0n) is 16.2. The lowest BCUT2D eigenvalue weighted by atomic mass is 9.98. The Kier molecular flexibility index (Phi) is 7.72. The monoisotopic (exact) mass is 384 g/mol. The predicted octanol–water partition coefficient (Wildman–Crippen LogP) is 2.20. The number of nitrogens with one attached hydrogen (secondary N) is 1. The quantitative estimate of drug-likeness (QED) is 0.529. The van der Waals surface area contributed by atoms with E-state index in [9.17, 15) is 19.8 Å². The Morgan fingerprint density at radius 1 is 1.00 bits per heavy atom. The van der Waals surface area contributed by atoms with Crippen molar-refractivity contribution in [1.82, 2.24) is 5.32 Å². The molecule has 0 aliphatic carbocycles. The van der Waals surface area contributed by atoms with Gasteiger partial charge in [0.05, 0.1) is 0 Å². The number of nitrogens with two attached hydrogens (primary N) is 1. The molecule has 0 spiro atoms. The number of carbonyl (C=O) groups excluding carboxylic acids is 1. The number of hydrogen-bond acceptors (Lipinski definition) is 4. The Bertz CT molecular complexity index is 775. The van der Waals surface area contributed by atoms with Gasteiger partial charge in [-0.25, -0.2) is 4.79 Å². The molecule has 6 heteroatoms. The standard InChI is InChI=1S/C22H28N2O4/c1-14(2)12-19(22(27)28)24-21(26)20(25)18(23)13-15-8-10-17(11-9-15)16-6-4-3-5-7-16/h3-11,14,18-20,25H,12-13,23H2,1-2H3,(H,24,26)(H,27,28)/t18?,19-,20?/m0/s1. The largest absolute Gasteiger partial charge is 0.480 e. The highest BCUT2D eigenvalue weighted by Crippen LogP contribution is 2.20. The van der Waals surface area contributed by atoms with Gasteiger partial charge in [-0.15, -0.1) is 0 Å². The van der Waals surface area contributed by atoms with Gasteiger partial charge < -0.3 is 21.3 Å². The Morgan fingerprint density at radius 2 is 1.57 bits per heavy atom. The van der Waals surface area contributed by atoms with Crippen molar-refractivity contribution >= 4 is 11.9 Å². The van der Waals surface area contributed by atoms with Crippen molar-refractivity contribution < 1.29 is 19.8 Å². The van der Waals surface area contributed by atoms with Crippen LogP contribution in [-0.4, -0.2) is 40.3 Å². The normalized spacial score (nSPS) is 14.3. The van der Waals surface area contributed by atoms with Gasteiger partial charge in [-0.3, -0.25) is 4.79 Å². The van der Waals surface area contributed by atoms with E-state index < -0.39 is 30.1 Å². The number of carboxylic acids is 1. The van der Waals surface area contributed by atoms with E-state index in [-0.39, 0.29) is 12.3 Å². The van der Waals surface area contributed by atoms with Gasteiger partial charge in [-0.2, -0.15) is 0 Å². The maximum Gasteiger partial charge on any atom is 0.326 e. The number of aliphatic hydroxyl groups is 1. The molecule has 28 heavy (non-hydrogen) atoms. The number of benzene rings is 2. The van der Waals surface area contributed by atoms with E-state index >= 15 is 0 Å². The molecule has 5 N–H and O–H groups in total. The van der Waals surface area contributed by atoms with Gasteiger partial charge in [0.2, 0.25) is 0 Å². The molecule has 150 valence electrons. The average molecular weight is 384 g/mol. The maximum absolute atomic E-state index is 12.2. The summed E-state index contributed by atoms with van der Waals surface area (Å²) in [4.78, 5) is 23.5. The van der Waals surface area contributed by atoms with Crippen molar-refractivity contribution in [2.75, 3.05) is 0 Å². The summed E-state index contributed by atoms with van der Waals surface area (Å²) in [5.41, 5.74) is 9.04. The van der Waals surface area contributed by atoms with Crippen LogP contribution in [0.25, 0.3) is 11.1 Å². The number of amides is 1. The lowest BCUT2D eigenvalue weighted by Crippen LogP contribution is -2.52. The van der Waals surface area contributed by atoms with Crippen LogP contribution in [0.5, 0.6) is 0 Å². The van der Waals surface area contributed by atoms with Crippen molar-refractivity contribution in [3.05, 3.63) is 60.2 Å². The molecule has 0 saturated heterocycles. The zero-order valence-corrected chi connectivity index (χ0v) is 16.2. The van der Waals surface area contributed by atoms with Crippen LogP contribution in [0.1, 0.15) is 25.8 Å². The molecule has 3 atom stereocenters. The minimum absolute atomic E-state index is 0.0929. The number of aliphatic hydroxyl groups excluding tert-OH is 1. The summed E-state index contributed by atoms with van der Waals surface area (Å²) in [5.74, 6) is -1.80. The van der Waals surface area contributed by atoms with E-state index in [0.717, 1.165) is 16.7 Å². The minimum Gasteiger partial charge on any atom is -0.480 e. The summed E-state index contributed by atoms with van der Waals surface area (Å²) in [6, 6.07) is 15.8. The van der Waals surface area contributed by atoms with Crippen LogP contribution in [0.4, 0.5) is 0 Å². The molecule has 0 saturated carbocycles. The fraction of sp³-hybridized carbons (Fsp3) is 0.364. The first-order chi connectivity index (χ1) is 13.3. The van der Waals surface area contributed by atoms with Crippen LogP contribution < -0.4 is 11.1 Å². The summed E-state index contributed by atoms with van der Waals surface area (Å²) in [6.45, 7) is 3.73. The second-order valence-corrected chi connectivity index (χ2v) is 7.40. The highest BCUT2D eigenvalue weighted by Gasteiger charge is 2.28. The van der Waals surface area contributed by atoms with Crippen molar-refractivity contribution in [1.29, 1.82) is 0 Å². The SMILES string of the molecule is CC(C)C[C@H](NC(=O)C(O)C(N)Cc1ccc(-c2ccccc2)cc1)C(=O)O. The summed E-state index contributed by atoms with van der Waals surface area (Å²) in [7, 11) is 0. The molecule has 2 unspecified atom stereocenters. The fourth-order valence-corrected chi connectivity index (χ4v) is 2.99. The number of carboxylic acid groups (broad SMARTS) is 1. The van der Waals surface area contributed by atoms with E-state index in [0.29, 0.717) is 6.42 Å². The molecule has 0 aliphatic heterocycles. The molecule has 0 radical (unpaired) electrons. The summed E-state index contributed by atoms with van der Waals surface area (Å²) in [6.07, 6.45) is -0.905. The second-order valence-electron chi connectivity index (χ2n) is 7.40. The van der Waals surface area contributed by atoms with Crippen LogP contribution in [0, 0.1) is 5.92 Å². The smallest absolute Gasteiger partial charge is 0.326 e. The Labute approximate surface area is 165 Å². The van der Waals surface area contributed by atoms with Crippen molar-refractivity contribution in [2.24, 2.45) is 11.7 Å².